The highest BCUT2D eigenvalue weighted by atomic mass is 17.1. The van der Waals surface area contributed by atoms with Gasteiger partial charge in [0.1, 0.15) is 0 Å². The van der Waals surface area contributed by atoms with Gasteiger partial charge in [-0.2, -0.15) is 0 Å². The van der Waals surface area contributed by atoms with Crippen LogP contribution in [0, 0.1) is 23.7 Å². The minimum absolute atomic E-state index is 0.275. The summed E-state index contributed by atoms with van der Waals surface area (Å²) in [7, 11) is 0. The van der Waals surface area contributed by atoms with Gasteiger partial charge in [0.25, 0.3) is 0 Å². The van der Waals surface area contributed by atoms with Crippen molar-refractivity contribution >= 4 is 0 Å². The van der Waals surface area contributed by atoms with Crippen molar-refractivity contribution in [1.29, 1.82) is 0 Å². The maximum atomic E-state index is 9.99. The molecule has 1 saturated heterocycles. The predicted molar refractivity (Wildman–Crippen MR) is 141 cm³/mol. The molecule has 1 heterocycles. The third-order valence-electron chi connectivity index (χ3n) is 10.4. The van der Waals surface area contributed by atoms with Crippen LogP contribution in [-0.2, 0) is 20.8 Å². The van der Waals surface area contributed by atoms with Gasteiger partial charge in [-0.15, -0.1) is 0 Å². The number of hydrogen-bond donors (Lipinski definition) is 1. The molecule has 5 heteroatoms. The molecule has 3 atom stereocenters. The average Bonchev–Trinajstić information content (AvgIpc) is 3.10. The summed E-state index contributed by atoms with van der Waals surface area (Å²) in [5.74, 6) is 3.10. The fourth-order valence-corrected chi connectivity index (χ4v) is 8.54. The van der Waals surface area contributed by atoms with Crippen LogP contribution in [-0.4, -0.2) is 54.9 Å². The lowest BCUT2D eigenvalue weighted by Crippen LogP contribution is -2.44. The Morgan fingerprint density at radius 1 is 0.861 bits per heavy atom. The smallest absolute Gasteiger partial charge is 0.201 e. The molecule has 4 bridgehead atoms. The van der Waals surface area contributed by atoms with Gasteiger partial charge in [0, 0.05) is 25.9 Å². The van der Waals surface area contributed by atoms with Gasteiger partial charge >= 0.3 is 0 Å². The molecule has 2 unspecified atom stereocenters. The zero-order valence-electron chi connectivity index (χ0n) is 22.1. The number of nitrogens with zero attached hydrogens (tertiary/aromatic N) is 1. The molecule has 5 saturated carbocycles. The molecular formula is C31H47NO4. The van der Waals surface area contributed by atoms with Gasteiger partial charge in [-0.3, -0.25) is 4.90 Å². The van der Waals surface area contributed by atoms with Crippen molar-refractivity contribution in [2.45, 2.75) is 101 Å². The van der Waals surface area contributed by atoms with Gasteiger partial charge in [0.15, 0.2) is 0 Å². The van der Waals surface area contributed by atoms with E-state index in [-0.39, 0.29) is 6.10 Å². The van der Waals surface area contributed by atoms with Crippen LogP contribution in [0.5, 0.6) is 0 Å². The van der Waals surface area contributed by atoms with E-state index in [2.05, 4.69) is 29.2 Å². The van der Waals surface area contributed by atoms with Crippen LogP contribution in [0.15, 0.2) is 24.3 Å². The van der Waals surface area contributed by atoms with Crippen LogP contribution < -0.4 is 0 Å². The van der Waals surface area contributed by atoms with Crippen molar-refractivity contribution in [3.05, 3.63) is 35.4 Å². The summed E-state index contributed by atoms with van der Waals surface area (Å²) in [6.45, 7) is 5.16. The van der Waals surface area contributed by atoms with Crippen LogP contribution in [0.3, 0.4) is 0 Å². The third-order valence-corrected chi connectivity index (χ3v) is 10.4. The third kappa shape index (κ3) is 5.86. The second kappa shape index (κ2) is 11.4. The van der Waals surface area contributed by atoms with Crippen LogP contribution in [0.1, 0.15) is 94.1 Å². The number of morpholine rings is 1. The first-order chi connectivity index (χ1) is 17.7. The Kier molecular flexibility index (Phi) is 8.02. The molecule has 0 radical (unpaired) electrons. The van der Waals surface area contributed by atoms with Gasteiger partial charge in [-0.05, 0) is 118 Å². The molecule has 6 aliphatic rings. The van der Waals surface area contributed by atoms with E-state index in [0.717, 1.165) is 76.2 Å². The molecule has 200 valence electrons. The summed E-state index contributed by atoms with van der Waals surface area (Å²) in [6.07, 6.45) is 15.7. The minimum atomic E-state index is -0.788. The fourth-order valence-electron chi connectivity index (χ4n) is 8.54. The van der Waals surface area contributed by atoms with Crippen LogP contribution in [0.4, 0.5) is 0 Å². The summed E-state index contributed by atoms with van der Waals surface area (Å²) in [6, 6.07) is 9.36. The molecule has 6 fully saturated rings. The van der Waals surface area contributed by atoms with Crippen molar-refractivity contribution < 1.29 is 19.6 Å². The van der Waals surface area contributed by atoms with Gasteiger partial charge < -0.3 is 9.47 Å². The highest BCUT2D eigenvalue weighted by Crippen LogP contribution is 2.53. The summed E-state index contributed by atoms with van der Waals surface area (Å²) in [5, 5.41) is 9.99. The molecule has 7 rings (SSSR count). The molecule has 1 N–H and O–H groups in total. The van der Waals surface area contributed by atoms with Crippen LogP contribution in [0.25, 0.3) is 0 Å². The maximum absolute atomic E-state index is 9.99. The Balaban J connectivity index is 0.976. The first-order valence-electron chi connectivity index (χ1n) is 15.1. The molecule has 5 nitrogen and oxygen atoms in total. The van der Waals surface area contributed by atoms with Crippen molar-refractivity contribution in [2.24, 2.45) is 23.7 Å². The number of fused-ring (bicyclic) bond motifs is 1. The van der Waals surface area contributed by atoms with Crippen molar-refractivity contribution in [3.63, 3.8) is 0 Å². The first-order valence-corrected chi connectivity index (χ1v) is 15.1. The number of unbranched alkanes of at least 4 members (excludes halogenated alkanes) is 1. The monoisotopic (exact) mass is 497 g/mol. The lowest BCUT2D eigenvalue weighted by atomic mass is 9.68. The van der Waals surface area contributed by atoms with E-state index in [1.165, 1.54) is 69.0 Å². The van der Waals surface area contributed by atoms with Crippen molar-refractivity contribution in [2.75, 3.05) is 32.8 Å². The number of hydrogen-bond acceptors (Lipinski definition) is 5. The molecule has 1 aromatic rings. The Bertz CT molecular complexity index is 815. The molecule has 0 amide bonds. The van der Waals surface area contributed by atoms with Crippen molar-refractivity contribution in [1.82, 2.24) is 4.90 Å². The summed E-state index contributed by atoms with van der Waals surface area (Å²) >= 11 is 0. The summed E-state index contributed by atoms with van der Waals surface area (Å²) in [4.78, 5) is 7.71. The highest BCUT2D eigenvalue weighted by Gasteiger charge is 2.48. The minimum Gasteiger partial charge on any atom is -0.379 e. The Morgan fingerprint density at radius 3 is 2.19 bits per heavy atom. The maximum Gasteiger partial charge on any atom is 0.201 e. The zero-order valence-corrected chi connectivity index (χ0v) is 22.1. The fraction of sp³-hybridized carbons (Fsp3) is 0.806. The van der Waals surface area contributed by atoms with E-state index >= 15 is 0 Å². The quantitative estimate of drug-likeness (QED) is 0.185. The molecule has 1 aromatic carbocycles. The molecule has 0 spiro atoms. The zero-order chi connectivity index (χ0) is 24.4. The largest absolute Gasteiger partial charge is 0.379 e. The van der Waals surface area contributed by atoms with Gasteiger partial charge in [0.2, 0.25) is 5.79 Å². The Hall–Kier alpha value is -0.980. The Morgan fingerprint density at radius 2 is 1.53 bits per heavy atom. The van der Waals surface area contributed by atoms with E-state index in [1.54, 1.807) is 0 Å². The second-order valence-electron chi connectivity index (χ2n) is 12.9. The SMILES string of the molecule is OO[C@]1(O[C@H]2CC3CC4CC(C3)CC2C4)CC[C@H](c2ccc(CCCCN3CCOCC3)cc2)CC1. The number of aryl methyl sites for hydroxylation is 1. The van der Waals surface area contributed by atoms with Gasteiger partial charge in [0.05, 0.1) is 19.3 Å². The molecule has 0 aromatic heterocycles. The lowest BCUT2D eigenvalue weighted by Gasteiger charge is -2.42. The number of benzene rings is 1. The Labute approximate surface area is 217 Å². The van der Waals surface area contributed by atoms with Crippen LogP contribution >= 0.6 is 0 Å². The van der Waals surface area contributed by atoms with E-state index in [9.17, 15) is 5.26 Å². The standard InChI is InChI=1S/C31H47NO4/c33-36-31(35-30-22-26-18-24-17-25(19-26)21-29(30)20-24)10-8-28(9-11-31)27-6-4-23(5-7-27)3-1-2-12-32-13-15-34-16-14-32/h4-7,24-26,28-30,33H,1-3,8-22H2/t24?,25?,26?,28-,29?,30-,31+/m0/s1. The van der Waals surface area contributed by atoms with E-state index in [0.29, 0.717) is 11.8 Å². The normalized spacial score (nSPS) is 38.8. The van der Waals surface area contributed by atoms with E-state index in [1.807, 2.05) is 0 Å². The van der Waals surface area contributed by atoms with Crippen molar-refractivity contribution in [3.8, 4) is 0 Å². The second-order valence-corrected chi connectivity index (χ2v) is 12.9. The summed E-state index contributed by atoms with van der Waals surface area (Å²) in [5.41, 5.74) is 2.88. The van der Waals surface area contributed by atoms with Gasteiger partial charge in [-0.25, -0.2) is 10.1 Å². The topological polar surface area (TPSA) is 51.2 Å². The van der Waals surface area contributed by atoms with E-state index in [4.69, 9.17) is 14.4 Å². The predicted octanol–water partition coefficient (Wildman–Crippen LogP) is 6.42. The highest BCUT2D eigenvalue weighted by molar-refractivity contribution is 5.26. The average molecular weight is 498 g/mol. The molecule has 1 aliphatic heterocycles. The first kappa shape index (κ1) is 25.3. The van der Waals surface area contributed by atoms with Gasteiger partial charge in [-0.1, -0.05) is 24.3 Å². The molecule has 36 heavy (non-hydrogen) atoms. The van der Waals surface area contributed by atoms with Crippen LogP contribution in [0.2, 0.25) is 0 Å². The summed E-state index contributed by atoms with van der Waals surface area (Å²) < 4.78 is 12.2. The lowest BCUT2D eigenvalue weighted by molar-refractivity contribution is -0.423. The number of ether oxygens (including phenoxy) is 2. The number of rotatable bonds is 9. The molecular weight excluding hydrogens is 450 g/mol. The van der Waals surface area contributed by atoms with E-state index < -0.39 is 5.79 Å². The molecule has 5 aliphatic carbocycles.